The van der Waals surface area contributed by atoms with Gasteiger partial charge in [0.1, 0.15) is 6.10 Å². The van der Waals surface area contributed by atoms with E-state index in [-0.39, 0.29) is 11.5 Å². The molecule has 2 rings (SSSR count). The van der Waals surface area contributed by atoms with Crippen molar-refractivity contribution in [3.8, 4) is 0 Å². The standard InChI is InChI=1S/C12H21N3O/c1-12(2,3)11-7-9(15(4)14-11)10-8-13-5-6-16-10/h7,10,13H,5-6,8H2,1-4H3. The number of rotatable bonds is 1. The highest BCUT2D eigenvalue weighted by Crippen LogP contribution is 2.25. The van der Waals surface area contributed by atoms with E-state index in [1.54, 1.807) is 0 Å². The maximum Gasteiger partial charge on any atom is 0.112 e. The largest absolute Gasteiger partial charge is 0.369 e. The molecule has 4 nitrogen and oxygen atoms in total. The van der Waals surface area contributed by atoms with Gasteiger partial charge in [0, 0.05) is 25.6 Å². The summed E-state index contributed by atoms with van der Waals surface area (Å²) in [6.45, 7) is 9.14. The molecule has 90 valence electrons. The minimum atomic E-state index is 0.0953. The molecule has 0 aromatic carbocycles. The molecule has 1 atom stereocenters. The third-order valence-corrected chi connectivity index (χ3v) is 2.94. The van der Waals surface area contributed by atoms with Crippen molar-refractivity contribution in [1.29, 1.82) is 0 Å². The van der Waals surface area contributed by atoms with Crippen LogP contribution in [0.4, 0.5) is 0 Å². The van der Waals surface area contributed by atoms with Crippen molar-refractivity contribution in [2.24, 2.45) is 7.05 Å². The molecule has 0 radical (unpaired) electrons. The molecule has 1 unspecified atom stereocenters. The summed E-state index contributed by atoms with van der Waals surface area (Å²) >= 11 is 0. The van der Waals surface area contributed by atoms with Crippen LogP contribution in [-0.2, 0) is 17.2 Å². The Balaban J connectivity index is 2.24. The molecule has 0 bridgehead atoms. The summed E-state index contributed by atoms with van der Waals surface area (Å²) in [4.78, 5) is 0. The van der Waals surface area contributed by atoms with E-state index in [4.69, 9.17) is 4.74 Å². The first-order valence-electron chi connectivity index (χ1n) is 5.85. The molecular formula is C12H21N3O. The highest BCUT2D eigenvalue weighted by atomic mass is 16.5. The van der Waals surface area contributed by atoms with E-state index >= 15 is 0 Å². The number of hydrogen-bond donors (Lipinski definition) is 1. The fourth-order valence-corrected chi connectivity index (χ4v) is 1.90. The van der Waals surface area contributed by atoms with Gasteiger partial charge in [-0.05, 0) is 6.07 Å². The summed E-state index contributed by atoms with van der Waals surface area (Å²) in [6.07, 6.45) is 0.141. The Hall–Kier alpha value is -0.870. The SMILES string of the molecule is Cn1nc(C(C)(C)C)cc1C1CNCCO1. The van der Waals surface area contributed by atoms with Crippen molar-refractivity contribution in [3.63, 3.8) is 0 Å². The van der Waals surface area contributed by atoms with E-state index < -0.39 is 0 Å². The molecule has 0 aliphatic carbocycles. The van der Waals surface area contributed by atoms with Crippen LogP contribution in [0.3, 0.4) is 0 Å². The first-order valence-corrected chi connectivity index (χ1v) is 5.85. The van der Waals surface area contributed by atoms with Crippen LogP contribution in [0.1, 0.15) is 38.3 Å². The van der Waals surface area contributed by atoms with E-state index in [1.165, 1.54) is 0 Å². The first-order chi connectivity index (χ1) is 7.48. The van der Waals surface area contributed by atoms with Gasteiger partial charge in [-0.25, -0.2) is 0 Å². The van der Waals surface area contributed by atoms with Gasteiger partial charge >= 0.3 is 0 Å². The lowest BCUT2D eigenvalue weighted by atomic mass is 9.92. The van der Waals surface area contributed by atoms with E-state index in [0.29, 0.717) is 0 Å². The van der Waals surface area contributed by atoms with Crippen LogP contribution in [0, 0.1) is 0 Å². The van der Waals surface area contributed by atoms with Crippen LogP contribution in [0.5, 0.6) is 0 Å². The van der Waals surface area contributed by atoms with Gasteiger partial charge in [-0.3, -0.25) is 4.68 Å². The topological polar surface area (TPSA) is 39.1 Å². The summed E-state index contributed by atoms with van der Waals surface area (Å²) in [7, 11) is 1.99. The minimum Gasteiger partial charge on any atom is -0.369 e. The Labute approximate surface area is 97.0 Å². The monoisotopic (exact) mass is 223 g/mol. The first kappa shape index (κ1) is 11.6. The molecule has 2 heterocycles. The molecule has 1 saturated heterocycles. The Bertz CT molecular complexity index is 359. The predicted molar refractivity (Wildman–Crippen MR) is 63.5 cm³/mol. The zero-order chi connectivity index (χ0) is 11.8. The van der Waals surface area contributed by atoms with Crippen molar-refractivity contribution >= 4 is 0 Å². The average molecular weight is 223 g/mol. The number of ether oxygens (including phenoxy) is 1. The highest BCUT2D eigenvalue weighted by molar-refractivity contribution is 5.19. The van der Waals surface area contributed by atoms with Gasteiger partial charge < -0.3 is 10.1 Å². The van der Waals surface area contributed by atoms with Gasteiger partial charge in [0.15, 0.2) is 0 Å². The Morgan fingerprint density at radius 2 is 2.25 bits per heavy atom. The third kappa shape index (κ3) is 2.28. The third-order valence-electron chi connectivity index (χ3n) is 2.94. The second-order valence-electron chi connectivity index (χ2n) is 5.39. The van der Waals surface area contributed by atoms with E-state index in [0.717, 1.165) is 31.1 Å². The number of aromatic nitrogens is 2. The van der Waals surface area contributed by atoms with E-state index in [9.17, 15) is 0 Å². The number of nitrogens with one attached hydrogen (secondary N) is 1. The van der Waals surface area contributed by atoms with Gasteiger partial charge in [-0.15, -0.1) is 0 Å². The maximum atomic E-state index is 5.75. The summed E-state index contributed by atoms with van der Waals surface area (Å²) in [5, 5.41) is 7.91. The summed E-state index contributed by atoms with van der Waals surface area (Å²) < 4.78 is 7.69. The average Bonchev–Trinajstić information content (AvgIpc) is 2.61. The Kier molecular flexibility index (Phi) is 3.04. The van der Waals surface area contributed by atoms with Crippen LogP contribution < -0.4 is 5.32 Å². The van der Waals surface area contributed by atoms with E-state index in [2.05, 4.69) is 37.3 Å². The normalized spacial score (nSPS) is 22.4. The van der Waals surface area contributed by atoms with Gasteiger partial charge in [0.25, 0.3) is 0 Å². The Morgan fingerprint density at radius 1 is 1.50 bits per heavy atom. The molecule has 0 spiro atoms. The zero-order valence-corrected chi connectivity index (χ0v) is 10.6. The van der Waals surface area contributed by atoms with Gasteiger partial charge in [-0.1, -0.05) is 20.8 Å². The van der Waals surface area contributed by atoms with Crippen molar-refractivity contribution in [2.45, 2.75) is 32.3 Å². The van der Waals surface area contributed by atoms with Crippen molar-refractivity contribution in [1.82, 2.24) is 15.1 Å². The van der Waals surface area contributed by atoms with Gasteiger partial charge in [-0.2, -0.15) is 5.10 Å². The summed E-state index contributed by atoms with van der Waals surface area (Å²) in [5.74, 6) is 0. The summed E-state index contributed by atoms with van der Waals surface area (Å²) in [6, 6.07) is 2.16. The van der Waals surface area contributed by atoms with Gasteiger partial charge in [0.2, 0.25) is 0 Å². The van der Waals surface area contributed by atoms with Crippen molar-refractivity contribution in [2.75, 3.05) is 19.7 Å². The minimum absolute atomic E-state index is 0.0953. The van der Waals surface area contributed by atoms with Crippen molar-refractivity contribution < 1.29 is 4.74 Å². The molecule has 1 aromatic heterocycles. The number of morpholine rings is 1. The number of aryl methyl sites for hydroxylation is 1. The molecule has 16 heavy (non-hydrogen) atoms. The van der Waals surface area contributed by atoms with Crippen LogP contribution in [0.15, 0.2) is 6.07 Å². The Morgan fingerprint density at radius 3 is 2.75 bits per heavy atom. The smallest absolute Gasteiger partial charge is 0.112 e. The maximum absolute atomic E-state index is 5.75. The lowest BCUT2D eigenvalue weighted by Gasteiger charge is -2.23. The molecule has 0 saturated carbocycles. The number of hydrogen-bond acceptors (Lipinski definition) is 3. The molecule has 1 aliphatic heterocycles. The lowest BCUT2D eigenvalue weighted by Crippen LogP contribution is -2.34. The number of nitrogens with zero attached hydrogens (tertiary/aromatic N) is 2. The second-order valence-corrected chi connectivity index (χ2v) is 5.39. The van der Waals surface area contributed by atoms with Crippen LogP contribution in [0.25, 0.3) is 0 Å². The second kappa shape index (κ2) is 4.18. The van der Waals surface area contributed by atoms with Crippen LogP contribution in [-0.4, -0.2) is 29.5 Å². The lowest BCUT2D eigenvalue weighted by molar-refractivity contribution is 0.0227. The summed E-state index contributed by atoms with van der Waals surface area (Å²) in [5.41, 5.74) is 2.38. The zero-order valence-electron chi connectivity index (χ0n) is 10.6. The molecule has 1 aliphatic rings. The molecule has 4 heteroatoms. The fourth-order valence-electron chi connectivity index (χ4n) is 1.90. The van der Waals surface area contributed by atoms with Crippen LogP contribution >= 0.6 is 0 Å². The fraction of sp³-hybridized carbons (Fsp3) is 0.750. The highest BCUT2D eigenvalue weighted by Gasteiger charge is 2.24. The molecule has 1 fully saturated rings. The molecular weight excluding hydrogens is 202 g/mol. The quantitative estimate of drug-likeness (QED) is 0.781. The van der Waals surface area contributed by atoms with Gasteiger partial charge in [0.05, 0.1) is 18.0 Å². The molecule has 0 amide bonds. The molecule has 1 N–H and O–H groups in total. The van der Waals surface area contributed by atoms with Crippen molar-refractivity contribution in [3.05, 3.63) is 17.5 Å². The van der Waals surface area contributed by atoms with E-state index in [1.807, 2.05) is 11.7 Å². The van der Waals surface area contributed by atoms with Crippen LogP contribution in [0.2, 0.25) is 0 Å². The predicted octanol–water partition coefficient (Wildman–Crippen LogP) is 1.38. The molecule has 1 aromatic rings.